The molecule has 0 bridgehead atoms. The predicted octanol–water partition coefficient (Wildman–Crippen LogP) is 5.72. The molecule has 0 heterocycles. The van der Waals surface area contributed by atoms with Crippen molar-refractivity contribution in [3.05, 3.63) is 82.4 Å². The van der Waals surface area contributed by atoms with Crippen LogP contribution in [0.4, 0.5) is 0 Å². The Bertz CT molecular complexity index is 988. The average molecular weight is 427 g/mol. The molecular weight excluding hydrogens is 404 g/mol. The van der Waals surface area contributed by atoms with Crippen molar-refractivity contribution in [2.24, 2.45) is 0 Å². The van der Waals surface area contributed by atoms with E-state index in [1.165, 1.54) is 7.11 Å². The largest absolute Gasteiger partial charge is 0.493 e. The number of ether oxygens (including phenoxy) is 4. The maximum Gasteiger partial charge on any atom is 0.180 e. The van der Waals surface area contributed by atoms with Crippen LogP contribution in [0.5, 0.6) is 23.0 Å². The summed E-state index contributed by atoms with van der Waals surface area (Å²) in [6, 6.07) is 18.7. The predicted molar refractivity (Wildman–Crippen MR) is 116 cm³/mol. The van der Waals surface area contributed by atoms with Gasteiger partial charge in [-0.15, -0.1) is 0 Å². The molecule has 156 valence electrons. The molecule has 0 atom stereocenters. The van der Waals surface area contributed by atoms with Gasteiger partial charge in [-0.05, 0) is 42.3 Å². The van der Waals surface area contributed by atoms with Crippen molar-refractivity contribution >= 4 is 17.9 Å². The van der Waals surface area contributed by atoms with Gasteiger partial charge in [-0.25, -0.2) is 0 Å². The zero-order valence-corrected chi connectivity index (χ0v) is 17.6. The Kier molecular flexibility index (Phi) is 7.57. The van der Waals surface area contributed by atoms with E-state index in [0.29, 0.717) is 53.1 Å². The highest BCUT2D eigenvalue weighted by atomic mass is 35.5. The molecule has 6 heteroatoms. The summed E-state index contributed by atoms with van der Waals surface area (Å²) in [5, 5.41) is 0.310. The first kappa shape index (κ1) is 21.5. The molecule has 0 unspecified atom stereocenters. The summed E-state index contributed by atoms with van der Waals surface area (Å²) < 4.78 is 22.9. The number of hydrogen-bond acceptors (Lipinski definition) is 5. The van der Waals surface area contributed by atoms with Crippen LogP contribution in [0.3, 0.4) is 0 Å². The Morgan fingerprint density at radius 1 is 0.833 bits per heavy atom. The Morgan fingerprint density at radius 2 is 1.60 bits per heavy atom. The number of rotatable bonds is 10. The Hall–Kier alpha value is -3.18. The summed E-state index contributed by atoms with van der Waals surface area (Å²) in [7, 11) is 1.50. The molecule has 0 amide bonds. The van der Waals surface area contributed by atoms with E-state index in [0.717, 1.165) is 11.1 Å². The van der Waals surface area contributed by atoms with E-state index in [-0.39, 0.29) is 6.61 Å². The maximum absolute atomic E-state index is 11.0. The summed E-state index contributed by atoms with van der Waals surface area (Å²) >= 11 is 6.26. The minimum Gasteiger partial charge on any atom is -0.493 e. The van der Waals surface area contributed by atoms with Crippen molar-refractivity contribution in [1.82, 2.24) is 0 Å². The van der Waals surface area contributed by atoms with E-state index < -0.39 is 0 Å². The molecule has 0 fully saturated rings. The topological polar surface area (TPSA) is 54.0 Å². The molecule has 3 aromatic carbocycles. The number of carbonyl (C=O) groups is 1. The molecule has 3 rings (SSSR count). The summed E-state index contributed by atoms with van der Waals surface area (Å²) in [5.74, 6) is 2.09. The normalized spacial score (nSPS) is 10.4. The zero-order valence-electron chi connectivity index (χ0n) is 16.9. The van der Waals surface area contributed by atoms with E-state index in [2.05, 4.69) is 0 Å². The monoisotopic (exact) mass is 426 g/mol. The van der Waals surface area contributed by atoms with Crippen LogP contribution >= 0.6 is 11.6 Å². The maximum atomic E-state index is 11.0. The van der Waals surface area contributed by atoms with Gasteiger partial charge in [0.05, 0.1) is 18.7 Å². The van der Waals surface area contributed by atoms with E-state index in [9.17, 15) is 4.79 Å². The van der Waals surface area contributed by atoms with Crippen molar-refractivity contribution in [2.45, 2.75) is 20.1 Å². The molecule has 0 aromatic heterocycles. The lowest BCUT2D eigenvalue weighted by molar-refractivity contribution is 0.112. The smallest absolute Gasteiger partial charge is 0.180 e. The Balaban J connectivity index is 1.74. The van der Waals surface area contributed by atoms with Crippen LogP contribution in [-0.2, 0) is 13.2 Å². The van der Waals surface area contributed by atoms with Crippen LogP contribution in [0, 0.1) is 0 Å². The molecule has 0 saturated carbocycles. The van der Waals surface area contributed by atoms with E-state index in [1.807, 2.05) is 55.5 Å². The lowest BCUT2D eigenvalue weighted by Gasteiger charge is -2.15. The lowest BCUT2D eigenvalue weighted by Crippen LogP contribution is -2.03. The Labute approximate surface area is 181 Å². The minimum absolute atomic E-state index is 0.246. The molecule has 0 aliphatic rings. The SMILES string of the molecule is CCOc1cc(COc2c(Cl)cc(C=O)cc2OC)ccc1OCc1ccccc1. The van der Waals surface area contributed by atoms with Gasteiger partial charge in [0, 0.05) is 5.56 Å². The second kappa shape index (κ2) is 10.6. The van der Waals surface area contributed by atoms with Gasteiger partial charge in [0.25, 0.3) is 0 Å². The van der Waals surface area contributed by atoms with Crippen molar-refractivity contribution in [1.29, 1.82) is 0 Å². The third-order valence-electron chi connectivity index (χ3n) is 4.32. The van der Waals surface area contributed by atoms with Crippen LogP contribution < -0.4 is 18.9 Å². The number of aldehydes is 1. The van der Waals surface area contributed by atoms with E-state index >= 15 is 0 Å². The molecule has 0 radical (unpaired) electrons. The standard InChI is InChI=1S/C24H23ClO5/c1-3-28-22-12-18(9-10-21(22)29-15-17-7-5-4-6-8-17)16-30-24-20(25)11-19(14-26)13-23(24)27-2/h4-14H,3,15-16H2,1-2H3. The summed E-state index contributed by atoms with van der Waals surface area (Å²) in [6.07, 6.45) is 0.709. The number of hydrogen-bond donors (Lipinski definition) is 0. The second-order valence-corrected chi connectivity index (χ2v) is 6.84. The van der Waals surface area contributed by atoms with Crippen molar-refractivity contribution in [3.63, 3.8) is 0 Å². The van der Waals surface area contributed by atoms with E-state index in [4.69, 9.17) is 30.5 Å². The summed E-state index contributed by atoms with van der Waals surface area (Å²) in [6.45, 7) is 3.13. The molecule has 5 nitrogen and oxygen atoms in total. The molecule has 0 N–H and O–H groups in total. The first-order valence-electron chi connectivity index (χ1n) is 9.52. The molecule has 3 aromatic rings. The molecule has 0 aliphatic heterocycles. The van der Waals surface area contributed by atoms with Gasteiger partial charge >= 0.3 is 0 Å². The third-order valence-corrected chi connectivity index (χ3v) is 4.60. The number of benzene rings is 3. The van der Waals surface area contributed by atoms with Crippen LogP contribution in [-0.4, -0.2) is 20.0 Å². The second-order valence-electron chi connectivity index (χ2n) is 6.43. The highest BCUT2D eigenvalue weighted by Crippen LogP contribution is 2.37. The highest BCUT2D eigenvalue weighted by molar-refractivity contribution is 6.32. The quantitative estimate of drug-likeness (QED) is 0.388. The van der Waals surface area contributed by atoms with Gasteiger partial charge in [-0.3, -0.25) is 4.79 Å². The van der Waals surface area contributed by atoms with Crippen LogP contribution in [0.2, 0.25) is 5.02 Å². The van der Waals surface area contributed by atoms with Crippen molar-refractivity contribution in [3.8, 4) is 23.0 Å². The first-order chi connectivity index (χ1) is 14.6. The van der Waals surface area contributed by atoms with Crippen LogP contribution in [0.15, 0.2) is 60.7 Å². The summed E-state index contributed by atoms with van der Waals surface area (Å²) in [5.41, 5.74) is 2.37. The Morgan fingerprint density at radius 3 is 2.30 bits per heavy atom. The third kappa shape index (κ3) is 5.45. The molecule has 30 heavy (non-hydrogen) atoms. The molecular formula is C24H23ClO5. The number of methoxy groups -OCH3 is 1. The average Bonchev–Trinajstić information content (AvgIpc) is 2.78. The van der Waals surface area contributed by atoms with Gasteiger partial charge in [-0.2, -0.15) is 0 Å². The van der Waals surface area contributed by atoms with Crippen molar-refractivity contribution in [2.75, 3.05) is 13.7 Å². The van der Waals surface area contributed by atoms with E-state index in [1.54, 1.807) is 12.1 Å². The molecule has 0 saturated heterocycles. The fraction of sp³-hybridized carbons (Fsp3) is 0.208. The number of halogens is 1. The van der Waals surface area contributed by atoms with Gasteiger partial charge in [0.1, 0.15) is 19.5 Å². The lowest BCUT2D eigenvalue weighted by atomic mass is 10.2. The van der Waals surface area contributed by atoms with Gasteiger partial charge < -0.3 is 18.9 Å². The molecule has 0 aliphatic carbocycles. The van der Waals surface area contributed by atoms with Crippen molar-refractivity contribution < 1.29 is 23.7 Å². The van der Waals surface area contributed by atoms with Crippen LogP contribution in [0.25, 0.3) is 0 Å². The van der Waals surface area contributed by atoms with Gasteiger partial charge in [0.15, 0.2) is 23.0 Å². The fourth-order valence-electron chi connectivity index (χ4n) is 2.87. The van der Waals surface area contributed by atoms with Gasteiger partial charge in [0.2, 0.25) is 0 Å². The number of carbonyl (C=O) groups excluding carboxylic acids is 1. The van der Waals surface area contributed by atoms with Gasteiger partial charge in [-0.1, -0.05) is 48.0 Å². The molecule has 0 spiro atoms. The minimum atomic E-state index is 0.246. The highest BCUT2D eigenvalue weighted by Gasteiger charge is 2.13. The zero-order chi connectivity index (χ0) is 21.3. The summed E-state index contributed by atoms with van der Waals surface area (Å²) in [4.78, 5) is 11.0. The first-order valence-corrected chi connectivity index (χ1v) is 9.90. The fourth-order valence-corrected chi connectivity index (χ4v) is 3.14. The van der Waals surface area contributed by atoms with Crippen LogP contribution in [0.1, 0.15) is 28.4 Å².